The van der Waals surface area contributed by atoms with Crippen LogP contribution in [0, 0.1) is 0 Å². The van der Waals surface area contributed by atoms with Gasteiger partial charge in [0.15, 0.2) is 5.71 Å². The van der Waals surface area contributed by atoms with Gasteiger partial charge in [0.25, 0.3) is 0 Å². The Morgan fingerprint density at radius 3 is 2.53 bits per heavy atom. The molecule has 5 heteroatoms. The van der Waals surface area contributed by atoms with Gasteiger partial charge in [0.2, 0.25) is 0 Å². The van der Waals surface area contributed by atoms with Crippen LogP contribution in [0.5, 0.6) is 5.75 Å². The van der Waals surface area contributed by atoms with Crippen LogP contribution in [0.25, 0.3) is 0 Å². The van der Waals surface area contributed by atoms with E-state index < -0.39 is 5.97 Å². The third kappa shape index (κ3) is 6.45. The summed E-state index contributed by atoms with van der Waals surface area (Å²) in [6.07, 6.45) is 1.96. The lowest BCUT2D eigenvalue weighted by Crippen LogP contribution is -2.12. The first kappa shape index (κ1) is 15.0. The van der Waals surface area contributed by atoms with Crippen molar-refractivity contribution in [1.82, 2.24) is 0 Å². The van der Waals surface area contributed by atoms with E-state index >= 15 is 0 Å². The van der Waals surface area contributed by atoms with Crippen molar-refractivity contribution >= 4 is 11.7 Å². The fourth-order valence-electron chi connectivity index (χ4n) is 1.35. The monoisotopic (exact) mass is 265 g/mol. The van der Waals surface area contributed by atoms with E-state index in [2.05, 4.69) is 5.16 Å². The van der Waals surface area contributed by atoms with Gasteiger partial charge < -0.3 is 14.7 Å². The lowest BCUT2D eigenvalue weighted by Gasteiger charge is -2.05. The van der Waals surface area contributed by atoms with Gasteiger partial charge in [0, 0.05) is 0 Å². The molecule has 0 bridgehead atoms. The van der Waals surface area contributed by atoms with Crippen LogP contribution in [0.2, 0.25) is 0 Å². The molecule has 0 amide bonds. The van der Waals surface area contributed by atoms with Gasteiger partial charge in [-0.05, 0) is 31.4 Å². The van der Waals surface area contributed by atoms with Gasteiger partial charge in [-0.2, -0.15) is 0 Å². The van der Waals surface area contributed by atoms with E-state index in [-0.39, 0.29) is 5.71 Å². The number of hydrogen-bond acceptors (Lipinski definition) is 4. The van der Waals surface area contributed by atoms with E-state index in [9.17, 15) is 4.79 Å². The standard InChI is InChI=1S/C14H19NO4/c1-2-13(14(16)17)15-19-11-7-6-10-18-12-8-4-3-5-9-12/h3-5,8-9H,2,6-7,10-11H2,1H3,(H,16,17)/b15-13+. The summed E-state index contributed by atoms with van der Waals surface area (Å²) in [5, 5.41) is 12.3. The number of hydrogen-bond donors (Lipinski definition) is 1. The molecular weight excluding hydrogens is 246 g/mol. The van der Waals surface area contributed by atoms with Crippen LogP contribution in [0.3, 0.4) is 0 Å². The number of unbranched alkanes of at least 4 members (excludes halogenated alkanes) is 1. The maximum atomic E-state index is 10.6. The number of carboxylic acid groups (broad SMARTS) is 1. The van der Waals surface area contributed by atoms with E-state index in [0.717, 1.165) is 18.6 Å². The number of carbonyl (C=O) groups is 1. The molecule has 1 rings (SSSR count). The predicted octanol–water partition coefficient (Wildman–Crippen LogP) is 2.71. The number of oxime groups is 1. The van der Waals surface area contributed by atoms with Crippen molar-refractivity contribution in [2.45, 2.75) is 26.2 Å². The normalized spacial score (nSPS) is 11.1. The van der Waals surface area contributed by atoms with Gasteiger partial charge in [0.1, 0.15) is 12.4 Å². The van der Waals surface area contributed by atoms with Crippen LogP contribution in [0.15, 0.2) is 35.5 Å². The van der Waals surface area contributed by atoms with Gasteiger partial charge >= 0.3 is 5.97 Å². The fraction of sp³-hybridized carbons (Fsp3) is 0.429. The van der Waals surface area contributed by atoms with Crippen LogP contribution < -0.4 is 4.74 Å². The average molecular weight is 265 g/mol. The molecule has 1 aromatic carbocycles. The SMILES string of the molecule is CC/C(=N\OCCCCOc1ccccc1)C(=O)O. The quantitative estimate of drug-likeness (QED) is 0.423. The lowest BCUT2D eigenvalue weighted by molar-refractivity contribution is -0.129. The van der Waals surface area contributed by atoms with Crippen molar-refractivity contribution in [3.05, 3.63) is 30.3 Å². The Kier molecular flexibility index (Phi) is 7.09. The number of rotatable bonds is 9. The maximum Gasteiger partial charge on any atom is 0.353 e. The minimum atomic E-state index is -1.03. The molecule has 104 valence electrons. The highest BCUT2D eigenvalue weighted by molar-refractivity contribution is 6.35. The van der Waals surface area contributed by atoms with Crippen LogP contribution in [0.4, 0.5) is 0 Å². The smallest absolute Gasteiger partial charge is 0.353 e. The summed E-state index contributed by atoms with van der Waals surface area (Å²) >= 11 is 0. The summed E-state index contributed by atoms with van der Waals surface area (Å²) in [6.45, 7) is 2.73. The molecule has 0 spiro atoms. The second-order valence-electron chi connectivity index (χ2n) is 3.90. The first-order valence-electron chi connectivity index (χ1n) is 6.34. The lowest BCUT2D eigenvalue weighted by atomic mass is 10.3. The molecule has 0 aromatic heterocycles. The number of benzene rings is 1. The van der Waals surface area contributed by atoms with E-state index in [1.165, 1.54) is 0 Å². The van der Waals surface area contributed by atoms with Crippen molar-refractivity contribution in [3.63, 3.8) is 0 Å². The molecule has 0 aliphatic carbocycles. The van der Waals surface area contributed by atoms with Crippen LogP contribution >= 0.6 is 0 Å². The molecule has 0 unspecified atom stereocenters. The van der Waals surface area contributed by atoms with Gasteiger partial charge in [-0.3, -0.25) is 0 Å². The van der Waals surface area contributed by atoms with Crippen LogP contribution in [-0.2, 0) is 9.63 Å². The topological polar surface area (TPSA) is 68.1 Å². The molecule has 5 nitrogen and oxygen atoms in total. The molecule has 0 saturated heterocycles. The summed E-state index contributed by atoms with van der Waals surface area (Å²) < 4.78 is 5.51. The summed E-state index contributed by atoms with van der Waals surface area (Å²) in [5.41, 5.74) is 0.0422. The molecular formula is C14H19NO4. The Labute approximate surface area is 112 Å². The molecule has 0 saturated carbocycles. The number of aliphatic carboxylic acids is 1. The Bertz CT molecular complexity index is 403. The summed E-state index contributed by atoms with van der Waals surface area (Å²) in [7, 11) is 0. The molecule has 1 aromatic rings. The van der Waals surface area contributed by atoms with Crippen molar-refractivity contribution in [1.29, 1.82) is 0 Å². The highest BCUT2D eigenvalue weighted by atomic mass is 16.6. The molecule has 19 heavy (non-hydrogen) atoms. The third-order valence-electron chi connectivity index (χ3n) is 2.40. The maximum absolute atomic E-state index is 10.6. The van der Waals surface area contributed by atoms with Crippen molar-refractivity contribution < 1.29 is 19.5 Å². The van der Waals surface area contributed by atoms with E-state index in [1.54, 1.807) is 6.92 Å². The summed E-state index contributed by atoms with van der Waals surface area (Å²) in [5.74, 6) is -0.185. The van der Waals surface area contributed by atoms with Crippen molar-refractivity contribution in [2.75, 3.05) is 13.2 Å². The molecule has 0 aliphatic heterocycles. The number of carboxylic acids is 1. The minimum Gasteiger partial charge on any atom is -0.494 e. The summed E-state index contributed by atoms with van der Waals surface area (Å²) in [4.78, 5) is 15.6. The number of ether oxygens (including phenoxy) is 1. The van der Waals surface area contributed by atoms with Crippen LogP contribution in [0.1, 0.15) is 26.2 Å². The fourth-order valence-corrected chi connectivity index (χ4v) is 1.35. The zero-order valence-electron chi connectivity index (χ0n) is 11.0. The van der Waals surface area contributed by atoms with E-state index in [4.69, 9.17) is 14.7 Å². The van der Waals surface area contributed by atoms with Crippen molar-refractivity contribution in [3.8, 4) is 5.75 Å². The summed E-state index contributed by atoms with van der Waals surface area (Å²) in [6, 6.07) is 9.59. The van der Waals surface area contributed by atoms with Crippen LogP contribution in [-0.4, -0.2) is 30.0 Å². The predicted molar refractivity (Wildman–Crippen MR) is 72.5 cm³/mol. The van der Waals surface area contributed by atoms with Gasteiger partial charge in [-0.1, -0.05) is 30.3 Å². The molecule has 1 N–H and O–H groups in total. The molecule has 0 fully saturated rings. The number of para-hydroxylation sites is 1. The average Bonchev–Trinajstić information content (AvgIpc) is 2.42. The Morgan fingerprint density at radius 1 is 1.21 bits per heavy atom. The van der Waals surface area contributed by atoms with Gasteiger partial charge in [0.05, 0.1) is 6.61 Å². The van der Waals surface area contributed by atoms with Crippen molar-refractivity contribution in [2.24, 2.45) is 5.16 Å². The Hall–Kier alpha value is -2.04. The Morgan fingerprint density at radius 2 is 1.89 bits per heavy atom. The molecule has 0 atom stereocenters. The second kappa shape index (κ2) is 8.97. The Balaban J connectivity index is 2.07. The zero-order chi connectivity index (χ0) is 13.9. The number of nitrogens with zero attached hydrogens (tertiary/aromatic N) is 1. The second-order valence-corrected chi connectivity index (χ2v) is 3.90. The van der Waals surface area contributed by atoms with Gasteiger partial charge in [-0.15, -0.1) is 0 Å². The highest BCUT2D eigenvalue weighted by Crippen LogP contribution is 2.08. The third-order valence-corrected chi connectivity index (χ3v) is 2.40. The van der Waals surface area contributed by atoms with Gasteiger partial charge in [-0.25, -0.2) is 4.79 Å². The highest BCUT2D eigenvalue weighted by Gasteiger charge is 2.06. The zero-order valence-corrected chi connectivity index (χ0v) is 11.0. The first-order valence-corrected chi connectivity index (χ1v) is 6.34. The van der Waals surface area contributed by atoms with E-state index in [1.807, 2.05) is 30.3 Å². The molecule has 0 heterocycles. The molecule has 0 aliphatic rings. The molecule has 0 radical (unpaired) electrons. The largest absolute Gasteiger partial charge is 0.494 e. The minimum absolute atomic E-state index is 0.0422. The van der Waals surface area contributed by atoms with E-state index in [0.29, 0.717) is 19.6 Å². The first-order chi connectivity index (χ1) is 9.24.